The first-order valence-corrected chi connectivity index (χ1v) is 11.5. The molecule has 1 aliphatic rings. The summed E-state index contributed by atoms with van der Waals surface area (Å²) in [4.78, 5) is 37.7. The van der Waals surface area contributed by atoms with Crippen LogP contribution in [0.4, 0.5) is 5.69 Å². The molecule has 1 amide bonds. The molecule has 1 N–H and O–H groups in total. The number of rotatable bonds is 7. The molecule has 0 radical (unpaired) electrons. The Morgan fingerprint density at radius 2 is 1.91 bits per heavy atom. The maximum atomic E-state index is 12.8. The average molecular weight is 450 g/mol. The van der Waals surface area contributed by atoms with Gasteiger partial charge in [-0.05, 0) is 49.8 Å². The van der Waals surface area contributed by atoms with Crippen molar-refractivity contribution in [2.45, 2.75) is 31.1 Å². The molecule has 0 spiro atoms. The van der Waals surface area contributed by atoms with E-state index >= 15 is 0 Å². The van der Waals surface area contributed by atoms with Gasteiger partial charge in [-0.1, -0.05) is 24.3 Å². The second-order valence-electron chi connectivity index (χ2n) is 7.47. The SMILES string of the molecule is CSc1ccc(C(=O)COC(=O)c2nn(-c3ccccc3)c3c2CCC3)cc1NC(C)=O. The number of hydrogen-bond donors (Lipinski definition) is 1. The fourth-order valence-corrected chi connectivity index (χ4v) is 4.37. The molecule has 0 fully saturated rings. The number of thioether (sulfide) groups is 1. The van der Waals surface area contributed by atoms with Crippen molar-refractivity contribution in [2.24, 2.45) is 0 Å². The first-order valence-electron chi connectivity index (χ1n) is 10.3. The van der Waals surface area contributed by atoms with Gasteiger partial charge in [-0.25, -0.2) is 9.48 Å². The van der Waals surface area contributed by atoms with Gasteiger partial charge in [0.05, 0.1) is 11.4 Å². The number of para-hydroxylation sites is 1. The average Bonchev–Trinajstić information content (AvgIpc) is 3.40. The number of hydrogen-bond acceptors (Lipinski definition) is 6. The molecule has 0 saturated carbocycles. The molecule has 32 heavy (non-hydrogen) atoms. The number of Topliss-reactive ketones (excluding diaryl/α,β-unsaturated/α-hetero) is 1. The molecule has 7 nitrogen and oxygen atoms in total. The highest BCUT2D eigenvalue weighted by Crippen LogP contribution is 2.29. The lowest BCUT2D eigenvalue weighted by Gasteiger charge is -2.10. The lowest BCUT2D eigenvalue weighted by molar-refractivity contribution is -0.114. The van der Waals surface area contributed by atoms with Crippen LogP contribution in [0.25, 0.3) is 5.69 Å². The molecule has 164 valence electrons. The van der Waals surface area contributed by atoms with Gasteiger partial charge in [0.15, 0.2) is 18.1 Å². The maximum absolute atomic E-state index is 12.8. The monoisotopic (exact) mass is 449 g/mol. The Labute approximate surface area is 190 Å². The van der Waals surface area contributed by atoms with Gasteiger partial charge in [0.1, 0.15) is 0 Å². The summed E-state index contributed by atoms with van der Waals surface area (Å²) >= 11 is 1.46. The van der Waals surface area contributed by atoms with E-state index in [4.69, 9.17) is 4.74 Å². The van der Waals surface area contributed by atoms with Gasteiger partial charge in [-0.2, -0.15) is 5.10 Å². The molecule has 0 unspecified atom stereocenters. The molecule has 1 heterocycles. The molecule has 0 atom stereocenters. The standard InChI is InChI=1S/C24H23N3O4S/c1-15(28)25-19-13-16(11-12-22(19)32-2)21(29)14-31-24(30)23-18-9-6-10-20(18)27(26-23)17-7-4-3-5-8-17/h3-5,7-8,11-13H,6,9-10,14H2,1-2H3,(H,25,28). The summed E-state index contributed by atoms with van der Waals surface area (Å²) in [5, 5.41) is 7.23. The minimum absolute atomic E-state index is 0.223. The van der Waals surface area contributed by atoms with Crippen molar-refractivity contribution in [1.29, 1.82) is 0 Å². The quantitative estimate of drug-likeness (QED) is 0.332. The van der Waals surface area contributed by atoms with E-state index in [9.17, 15) is 14.4 Å². The van der Waals surface area contributed by atoms with Gasteiger partial charge in [0.25, 0.3) is 0 Å². The van der Waals surface area contributed by atoms with Crippen molar-refractivity contribution >= 4 is 35.1 Å². The van der Waals surface area contributed by atoms with E-state index in [2.05, 4.69) is 10.4 Å². The van der Waals surface area contributed by atoms with E-state index in [1.54, 1.807) is 22.9 Å². The largest absolute Gasteiger partial charge is 0.453 e. The van der Waals surface area contributed by atoms with Crippen LogP contribution in [0.3, 0.4) is 0 Å². The zero-order valence-corrected chi connectivity index (χ0v) is 18.7. The molecular formula is C24H23N3O4S. The molecular weight excluding hydrogens is 426 g/mol. The van der Waals surface area contributed by atoms with Crippen LogP contribution in [0.5, 0.6) is 0 Å². The van der Waals surface area contributed by atoms with Gasteiger partial charge < -0.3 is 10.1 Å². The number of benzene rings is 2. The van der Waals surface area contributed by atoms with E-state index < -0.39 is 12.6 Å². The number of ether oxygens (including phenoxy) is 1. The molecule has 1 aromatic heterocycles. The highest BCUT2D eigenvalue weighted by atomic mass is 32.2. The number of carbonyl (C=O) groups excluding carboxylic acids is 3. The number of fused-ring (bicyclic) bond motifs is 1. The van der Waals surface area contributed by atoms with Crippen LogP contribution >= 0.6 is 11.8 Å². The van der Waals surface area contributed by atoms with Crippen molar-refractivity contribution in [3.05, 3.63) is 71.0 Å². The van der Waals surface area contributed by atoms with E-state index in [0.717, 1.165) is 41.1 Å². The van der Waals surface area contributed by atoms with Crippen molar-refractivity contribution in [3.63, 3.8) is 0 Å². The zero-order valence-electron chi connectivity index (χ0n) is 17.9. The van der Waals surface area contributed by atoms with Crippen LogP contribution in [-0.4, -0.2) is 40.3 Å². The van der Waals surface area contributed by atoms with E-state index in [1.807, 2.05) is 36.6 Å². The number of carbonyl (C=O) groups is 3. The van der Waals surface area contributed by atoms with Crippen molar-refractivity contribution < 1.29 is 19.1 Å². The third kappa shape index (κ3) is 4.45. The van der Waals surface area contributed by atoms with Crippen molar-refractivity contribution in [3.8, 4) is 5.69 Å². The highest BCUT2D eigenvalue weighted by molar-refractivity contribution is 7.98. The fraction of sp³-hybridized carbons (Fsp3) is 0.250. The normalized spacial score (nSPS) is 12.3. The lowest BCUT2D eigenvalue weighted by atomic mass is 10.1. The second-order valence-corrected chi connectivity index (χ2v) is 8.32. The van der Waals surface area contributed by atoms with Gasteiger partial charge in [-0.15, -0.1) is 11.8 Å². The number of anilines is 1. The van der Waals surface area contributed by atoms with E-state index in [0.29, 0.717) is 11.3 Å². The Bertz CT molecular complexity index is 1190. The number of esters is 1. The second kappa shape index (κ2) is 9.40. The minimum Gasteiger partial charge on any atom is -0.453 e. The number of ketones is 1. The molecule has 3 aromatic rings. The zero-order chi connectivity index (χ0) is 22.7. The Morgan fingerprint density at radius 1 is 1.12 bits per heavy atom. The van der Waals surface area contributed by atoms with E-state index in [-0.39, 0.29) is 17.4 Å². The van der Waals surface area contributed by atoms with Crippen LogP contribution in [-0.2, 0) is 22.4 Å². The minimum atomic E-state index is -0.603. The van der Waals surface area contributed by atoms with Crippen molar-refractivity contribution in [2.75, 3.05) is 18.2 Å². The van der Waals surface area contributed by atoms with Gasteiger partial charge in [-0.3, -0.25) is 9.59 Å². The van der Waals surface area contributed by atoms with E-state index in [1.165, 1.54) is 18.7 Å². The third-order valence-electron chi connectivity index (χ3n) is 5.29. The first kappa shape index (κ1) is 21.8. The number of nitrogens with zero attached hydrogens (tertiary/aromatic N) is 2. The van der Waals surface area contributed by atoms with Crippen molar-refractivity contribution in [1.82, 2.24) is 9.78 Å². The Kier molecular flexibility index (Phi) is 6.41. The number of nitrogens with one attached hydrogen (secondary N) is 1. The Hall–Kier alpha value is -3.39. The predicted molar refractivity (Wildman–Crippen MR) is 123 cm³/mol. The maximum Gasteiger partial charge on any atom is 0.359 e. The molecule has 8 heteroatoms. The molecule has 0 aliphatic heterocycles. The number of aromatic nitrogens is 2. The smallest absolute Gasteiger partial charge is 0.359 e. The van der Waals surface area contributed by atoms with Gasteiger partial charge >= 0.3 is 5.97 Å². The topological polar surface area (TPSA) is 90.3 Å². The van der Waals surface area contributed by atoms with Crippen LogP contribution in [0.1, 0.15) is 45.4 Å². The molecule has 1 aliphatic carbocycles. The van der Waals surface area contributed by atoms with Gasteiger partial charge in [0.2, 0.25) is 5.91 Å². The van der Waals surface area contributed by atoms with Gasteiger partial charge in [0, 0.05) is 28.6 Å². The summed E-state index contributed by atoms with van der Waals surface area (Å²) in [6.45, 7) is 1.01. The van der Waals surface area contributed by atoms with Crippen LogP contribution in [0.15, 0.2) is 53.4 Å². The predicted octanol–water partition coefficient (Wildman–Crippen LogP) is 4.08. The fourth-order valence-electron chi connectivity index (χ4n) is 3.84. The third-order valence-corrected chi connectivity index (χ3v) is 6.09. The summed E-state index contributed by atoms with van der Waals surface area (Å²) in [6.07, 6.45) is 4.44. The highest BCUT2D eigenvalue weighted by Gasteiger charge is 2.28. The molecule has 4 rings (SSSR count). The molecule has 0 bridgehead atoms. The lowest BCUT2D eigenvalue weighted by Crippen LogP contribution is -2.16. The first-order chi connectivity index (χ1) is 15.5. The summed E-state index contributed by atoms with van der Waals surface area (Å²) in [7, 11) is 0. The number of amides is 1. The molecule has 2 aromatic carbocycles. The van der Waals surface area contributed by atoms with Crippen LogP contribution < -0.4 is 5.32 Å². The van der Waals surface area contributed by atoms with Crippen LogP contribution in [0.2, 0.25) is 0 Å². The van der Waals surface area contributed by atoms with Crippen LogP contribution in [0, 0.1) is 0 Å². The summed E-state index contributed by atoms with van der Waals surface area (Å²) in [6, 6.07) is 14.7. The Morgan fingerprint density at radius 3 is 2.62 bits per heavy atom. The summed E-state index contributed by atoms with van der Waals surface area (Å²) in [5.74, 6) is -1.18. The molecule has 0 saturated heterocycles. The summed E-state index contributed by atoms with van der Waals surface area (Å²) in [5.41, 5.74) is 3.98. The Balaban J connectivity index is 1.50. The summed E-state index contributed by atoms with van der Waals surface area (Å²) < 4.78 is 7.13.